The minimum absolute atomic E-state index is 0.161. The van der Waals surface area contributed by atoms with Crippen LogP contribution in [0.4, 0.5) is 5.82 Å². The number of thioether (sulfide) groups is 1. The average Bonchev–Trinajstić information content (AvgIpc) is 3.05. The van der Waals surface area contributed by atoms with Gasteiger partial charge in [-0.1, -0.05) is 30.0 Å². The van der Waals surface area contributed by atoms with E-state index in [2.05, 4.69) is 30.4 Å². The van der Waals surface area contributed by atoms with E-state index in [0.29, 0.717) is 17.6 Å². The van der Waals surface area contributed by atoms with E-state index in [-0.39, 0.29) is 11.7 Å². The van der Waals surface area contributed by atoms with Gasteiger partial charge < -0.3 is 5.32 Å². The largest absolute Gasteiger partial charge is 0.310 e. The second-order valence-electron chi connectivity index (χ2n) is 6.96. The molecule has 3 aromatic heterocycles. The van der Waals surface area contributed by atoms with Gasteiger partial charge in [0.05, 0.1) is 17.0 Å². The predicted octanol–water partition coefficient (Wildman–Crippen LogP) is 3.57. The molecule has 0 aliphatic rings. The van der Waals surface area contributed by atoms with Crippen LogP contribution in [0.1, 0.15) is 22.9 Å². The van der Waals surface area contributed by atoms with Gasteiger partial charge in [0.15, 0.2) is 0 Å². The Morgan fingerprint density at radius 3 is 2.47 bits per heavy atom. The molecule has 1 amide bonds. The van der Waals surface area contributed by atoms with Crippen LogP contribution in [0, 0.1) is 27.7 Å². The number of aromatic nitrogens is 6. The van der Waals surface area contributed by atoms with Crippen molar-refractivity contribution in [3.63, 3.8) is 0 Å². The van der Waals surface area contributed by atoms with Gasteiger partial charge in [0.25, 0.3) is 5.95 Å². The molecule has 0 unspecified atom stereocenters. The zero-order valence-corrected chi connectivity index (χ0v) is 18.0. The first-order valence-electron chi connectivity index (χ1n) is 9.44. The van der Waals surface area contributed by atoms with E-state index in [9.17, 15) is 4.79 Å². The number of benzene rings is 1. The van der Waals surface area contributed by atoms with Crippen LogP contribution in [0.15, 0.2) is 41.4 Å². The molecule has 0 fully saturated rings. The Balaban J connectivity index is 1.53. The summed E-state index contributed by atoms with van der Waals surface area (Å²) < 4.78 is 1.56. The highest BCUT2D eigenvalue weighted by Gasteiger charge is 2.15. The number of aryl methyl sites for hydroxylation is 4. The molecule has 30 heavy (non-hydrogen) atoms. The molecule has 0 bridgehead atoms. The van der Waals surface area contributed by atoms with E-state index in [0.717, 1.165) is 33.0 Å². The molecule has 1 N–H and O–H groups in total. The van der Waals surface area contributed by atoms with E-state index in [4.69, 9.17) is 0 Å². The van der Waals surface area contributed by atoms with Crippen LogP contribution >= 0.6 is 11.8 Å². The first kappa shape index (κ1) is 20.0. The number of amides is 1. The number of para-hydroxylation sites is 1. The summed E-state index contributed by atoms with van der Waals surface area (Å²) in [6.07, 6.45) is 0. The van der Waals surface area contributed by atoms with Crippen LogP contribution in [0.2, 0.25) is 0 Å². The van der Waals surface area contributed by atoms with Crippen molar-refractivity contribution in [1.29, 1.82) is 0 Å². The Morgan fingerprint density at radius 1 is 0.967 bits per heavy atom. The predicted molar refractivity (Wildman–Crippen MR) is 117 cm³/mol. The van der Waals surface area contributed by atoms with E-state index >= 15 is 0 Å². The number of fused-ring (bicyclic) bond motifs is 1. The lowest BCUT2D eigenvalue weighted by atomic mass is 10.2. The van der Waals surface area contributed by atoms with Crippen molar-refractivity contribution >= 4 is 34.4 Å². The number of nitrogens with zero attached hydrogens (tertiary/aromatic N) is 6. The lowest BCUT2D eigenvalue weighted by Crippen LogP contribution is -2.18. The van der Waals surface area contributed by atoms with Crippen LogP contribution in [0.25, 0.3) is 16.9 Å². The van der Waals surface area contributed by atoms with Gasteiger partial charge in [0.1, 0.15) is 16.7 Å². The maximum absolute atomic E-state index is 12.7. The van der Waals surface area contributed by atoms with E-state index in [1.165, 1.54) is 11.8 Å². The first-order chi connectivity index (χ1) is 14.4. The Labute approximate surface area is 178 Å². The fourth-order valence-electron chi connectivity index (χ4n) is 3.12. The van der Waals surface area contributed by atoms with Crippen molar-refractivity contribution in [2.24, 2.45) is 0 Å². The van der Waals surface area contributed by atoms with Crippen LogP contribution in [-0.4, -0.2) is 41.4 Å². The summed E-state index contributed by atoms with van der Waals surface area (Å²) in [6.45, 7) is 7.51. The number of rotatable bonds is 5. The molecule has 3 heterocycles. The van der Waals surface area contributed by atoms with E-state index in [1.54, 1.807) is 10.7 Å². The third kappa shape index (κ3) is 4.30. The molecule has 0 saturated carbocycles. The molecular formula is C21H21N7OS. The highest BCUT2D eigenvalue weighted by atomic mass is 32.2. The fraction of sp³-hybridized carbons (Fsp3) is 0.238. The number of nitrogens with one attached hydrogen (secondary N) is 1. The van der Waals surface area contributed by atoms with Crippen molar-refractivity contribution in [3.05, 3.63) is 59.3 Å². The smallest absolute Gasteiger partial charge is 0.252 e. The molecule has 0 aliphatic carbocycles. The van der Waals surface area contributed by atoms with Crippen LogP contribution in [0.5, 0.6) is 0 Å². The first-order valence-corrected chi connectivity index (χ1v) is 10.4. The summed E-state index contributed by atoms with van der Waals surface area (Å²) in [5, 5.41) is 9.08. The monoisotopic (exact) mass is 419 g/mol. The molecule has 9 heteroatoms. The molecule has 0 saturated heterocycles. The SMILES string of the molecule is Cc1cc(C)nc(-n2nc(C)cc2NC(=O)CSc2nc(C)nc3ccccc23)n1. The highest BCUT2D eigenvalue weighted by Crippen LogP contribution is 2.25. The Kier molecular flexibility index (Phi) is 5.45. The van der Waals surface area contributed by atoms with Gasteiger partial charge in [0, 0.05) is 22.8 Å². The van der Waals surface area contributed by atoms with Crippen molar-refractivity contribution in [1.82, 2.24) is 29.7 Å². The van der Waals surface area contributed by atoms with E-state index in [1.807, 2.05) is 58.0 Å². The normalized spacial score (nSPS) is 11.1. The molecule has 0 aliphatic heterocycles. The van der Waals surface area contributed by atoms with Crippen molar-refractivity contribution in [3.8, 4) is 5.95 Å². The highest BCUT2D eigenvalue weighted by molar-refractivity contribution is 8.00. The van der Waals surface area contributed by atoms with Crippen LogP contribution < -0.4 is 5.32 Å². The molecule has 152 valence electrons. The molecule has 4 rings (SSSR count). The number of hydrogen-bond donors (Lipinski definition) is 1. The molecule has 1 aromatic carbocycles. The van der Waals surface area contributed by atoms with Crippen molar-refractivity contribution in [2.75, 3.05) is 11.1 Å². The van der Waals surface area contributed by atoms with Gasteiger partial charge in [-0.2, -0.15) is 9.78 Å². The Bertz CT molecular complexity index is 1230. The lowest BCUT2D eigenvalue weighted by Gasteiger charge is -2.09. The summed E-state index contributed by atoms with van der Waals surface area (Å²) in [4.78, 5) is 30.5. The molecular weight excluding hydrogens is 398 g/mol. The van der Waals surface area contributed by atoms with Gasteiger partial charge in [-0.3, -0.25) is 4.79 Å². The van der Waals surface area contributed by atoms with Gasteiger partial charge in [0.2, 0.25) is 5.91 Å². The number of hydrogen-bond acceptors (Lipinski definition) is 7. The number of carbonyl (C=O) groups excluding carboxylic acids is 1. The molecule has 4 aromatic rings. The van der Waals surface area contributed by atoms with Gasteiger partial charge in [-0.05, 0) is 39.8 Å². The molecule has 0 radical (unpaired) electrons. The third-order valence-electron chi connectivity index (χ3n) is 4.28. The topological polar surface area (TPSA) is 98.5 Å². The van der Waals surface area contributed by atoms with Gasteiger partial charge >= 0.3 is 0 Å². The molecule has 8 nitrogen and oxygen atoms in total. The maximum Gasteiger partial charge on any atom is 0.252 e. The third-order valence-corrected chi connectivity index (χ3v) is 5.27. The minimum atomic E-state index is -0.161. The molecule has 0 spiro atoms. The zero-order valence-electron chi connectivity index (χ0n) is 17.2. The number of carbonyl (C=O) groups is 1. The van der Waals surface area contributed by atoms with Crippen molar-refractivity contribution in [2.45, 2.75) is 32.7 Å². The van der Waals surface area contributed by atoms with Crippen LogP contribution in [-0.2, 0) is 4.79 Å². The summed E-state index contributed by atoms with van der Waals surface area (Å²) in [6, 6.07) is 11.5. The second kappa shape index (κ2) is 8.19. The quantitative estimate of drug-likeness (QED) is 0.390. The summed E-state index contributed by atoms with van der Waals surface area (Å²) in [7, 11) is 0. The maximum atomic E-state index is 12.7. The molecule has 0 atom stereocenters. The van der Waals surface area contributed by atoms with Gasteiger partial charge in [-0.15, -0.1) is 0 Å². The summed E-state index contributed by atoms with van der Waals surface area (Å²) >= 11 is 1.38. The standard InChI is InChI=1S/C21H21N7OS/c1-12-9-13(2)23-21(22-12)28-18(10-14(3)27-28)26-19(29)11-30-20-16-7-5-6-8-17(16)24-15(4)25-20/h5-10H,11H2,1-4H3,(H,26,29). The fourth-order valence-corrected chi connectivity index (χ4v) is 3.99. The van der Waals surface area contributed by atoms with E-state index < -0.39 is 0 Å². The van der Waals surface area contributed by atoms with Crippen molar-refractivity contribution < 1.29 is 4.79 Å². The summed E-state index contributed by atoms with van der Waals surface area (Å²) in [5.41, 5.74) is 3.31. The number of anilines is 1. The van der Waals surface area contributed by atoms with Crippen LogP contribution in [0.3, 0.4) is 0 Å². The minimum Gasteiger partial charge on any atom is -0.310 e. The second-order valence-corrected chi connectivity index (χ2v) is 7.93. The lowest BCUT2D eigenvalue weighted by molar-refractivity contribution is -0.113. The Morgan fingerprint density at radius 2 is 1.70 bits per heavy atom. The Hall–Kier alpha value is -3.33. The summed E-state index contributed by atoms with van der Waals surface area (Å²) in [5.74, 6) is 1.69. The average molecular weight is 420 g/mol. The zero-order chi connectivity index (χ0) is 21.3. The van der Waals surface area contributed by atoms with Gasteiger partial charge in [-0.25, -0.2) is 19.9 Å².